The summed E-state index contributed by atoms with van der Waals surface area (Å²) in [6.45, 7) is 6.86. The van der Waals surface area contributed by atoms with Gasteiger partial charge in [-0.15, -0.1) is 6.58 Å². The highest BCUT2D eigenvalue weighted by Crippen LogP contribution is 2.62. The summed E-state index contributed by atoms with van der Waals surface area (Å²) in [4.78, 5) is 34.6. The number of hydrogen-bond donors (Lipinski definition) is 2. The number of amides is 1. The lowest BCUT2D eigenvalue weighted by Crippen LogP contribution is -2.70. The zero-order chi connectivity index (χ0) is 50.0. The molecule has 6 atom stereocenters. The molecule has 0 aromatic heterocycles. The van der Waals surface area contributed by atoms with Crippen LogP contribution in [0.1, 0.15) is 85.7 Å². The van der Waals surface area contributed by atoms with Crippen molar-refractivity contribution in [2.45, 2.75) is 82.6 Å². The monoisotopic (exact) mass is 969 g/mol. The first-order valence-electron chi connectivity index (χ1n) is 25.3. The van der Waals surface area contributed by atoms with Gasteiger partial charge in [0, 0.05) is 55.4 Å². The predicted molar refractivity (Wildman–Crippen MR) is 280 cm³/mol. The third-order valence-electron chi connectivity index (χ3n) is 14.5. The largest absolute Gasteiger partial charge is 0.459 e. The topological polar surface area (TPSA) is 153 Å². The Bertz CT molecular complexity index is 2900. The molecule has 9 rings (SSSR count). The fraction of sp³-hybridized carbons (Fsp3) is 0.333. The number of aliphatic hydroxyl groups excluding tert-OH is 2. The maximum atomic E-state index is 15.4. The second-order valence-corrected chi connectivity index (χ2v) is 19.0. The molecule has 2 N–H and O–H groups in total. The standard InChI is InChI=1S/C60H63N3O9/c1-3-32-62(59(66)47-23-22-43-16-8-9-17-45(43)36-47)56-39-54(61-70-40-41-20-26-48(27-21-41)63(67)68)52-37-46(18-10-12-33-64)51(19-11-13-34-65)57-53-38-50(30-31-55(53)72-60(56,58(52)57)69-35-4-2)71-49-28-24-44(25-29-49)42-14-6-5-7-15-42/h4-9,14-17,20-31,36-38,46,51,56-58,64-65H,2-3,10-13,18-19,32-35,39-40H2,1H3/t46-,51+,56-,57+,58+,60+/m0/s1. The zero-order valence-electron chi connectivity index (χ0n) is 40.8. The van der Waals surface area contributed by atoms with Gasteiger partial charge in [-0.3, -0.25) is 14.9 Å². The first-order chi connectivity index (χ1) is 35.2. The molecule has 6 aromatic rings. The average molecular weight is 970 g/mol. The molecule has 1 fully saturated rings. The summed E-state index contributed by atoms with van der Waals surface area (Å²) in [5.41, 5.74) is 5.91. The van der Waals surface area contributed by atoms with Crippen molar-refractivity contribution in [2.75, 3.05) is 26.4 Å². The zero-order valence-corrected chi connectivity index (χ0v) is 40.8. The van der Waals surface area contributed by atoms with E-state index < -0.39 is 22.7 Å². The summed E-state index contributed by atoms with van der Waals surface area (Å²) in [6.07, 6.45) is 9.32. The summed E-state index contributed by atoms with van der Waals surface area (Å²) in [5, 5.41) is 38.6. The van der Waals surface area contributed by atoms with Crippen LogP contribution in [-0.4, -0.2) is 69.8 Å². The van der Waals surface area contributed by atoms with Crippen molar-refractivity contribution in [3.63, 3.8) is 0 Å². The Hall–Kier alpha value is -7.12. The molecular weight excluding hydrogens is 907 g/mol. The molecule has 0 bridgehead atoms. The lowest BCUT2D eigenvalue weighted by Gasteiger charge is -2.60. The number of allylic oxidation sites excluding steroid dienone is 1. The summed E-state index contributed by atoms with van der Waals surface area (Å²) in [7, 11) is 0. The van der Waals surface area contributed by atoms with Crippen molar-refractivity contribution in [3.8, 4) is 28.4 Å². The molecular formula is C60H63N3O9. The molecule has 72 heavy (non-hydrogen) atoms. The van der Waals surface area contributed by atoms with Crippen molar-refractivity contribution in [2.24, 2.45) is 22.9 Å². The van der Waals surface area contributed by atoms with E-state index in [1.165, 1.54) is 12.1 Å². The first kappa shape index (κ1) is 49.8. The number of carbonyl (C=O) groups is 1. The second kappa shape index (κ2) is 23.0. The van der Waals surface area contributed by atoms with Crippen LogP contribution in [0.5, 0.6) is 17.2 Å². The van der Waals surface area contributed by atoms with Crippen molar-refractivity contribution >= 4 is 28.1 Å². The van der Waals surface area contributed by atoms with E-state index in [1.807, 2.05) is 89.8 Å². The van der Waals surface area contributed by atoms with Crippen LogP contribution in [0.3, 0.4) is 0 Å². The molecule has 3 aliphatic rings. The van der Waals surface area contributed by atoms with Gasteiger partial charge < -0.3 is 34.2 Å². The first-order valence-corrected chi connectivity index (χ1v) is 25.3. The minimum atomic E-state index is -1.45. The maximum Gasteiger partial charge on any atom is 0.269 e. The SMILES string of the molecule is C=CCO[C@@]12Oc3ccc(Oc4ccc(-c5ccccc5)cc4)cc3[C@H]3[C@H](CCCCO)[C@@H](CCCCO)C=C(C(=NOCc4ccc([N+](=O)[O-])cc4)C[C@@H]1N(CCC)C(=O)c1ccc4ccccc4c1)[C@H]32. The van der Waals surface area contributed by atoms with Gasteiger partial charge in [0.15, 0.2) is 0 Å². The molecule has 1 saturated carbocycles. The number of aliphatic hydroxyl groups is 2. The van der Waals surface area contributed by atoms with Gasteiger partial charge in [0.1, 0.15) is 29.9 Å². The van der Waals surface area contributed by atoms with Gasteiger partial charge in [-0.05, 0) is 132 Å². The van der Waals surface area contributed by atoms with Gasteiger partial charge in [0.05, 0.1) is 23.2 Å². The Morgan fingerprint density at radius 1 is 0.847 bits per heavy atom. The summed E-state index contributed by atoms with van der Waals surface area (Å²) in [6, 6.07) is 43.5. The number of ether oxygens (including phenoxy) is 3. The molecule has 0 unspecified atom stereocenters. The minimum absolute atomic E-state index is 0.00981. The predicted octanol–water partition coefficient (Wildman–Crippen LogP) is 12.6. The average Bonchev–Trinajstić information content (AvgIpc) is 3.41. The number of benzene rings is 6. The number of fused-ring (bicyclic) bond motifs is 3. The highest BCUT2D eigenvalue weighted by atomic mass is 16.7. The Morgan fingerprint density at radius 2 is 1.56 bits per heavy atom. The van der Waals surface area contributed by atoms with Crippen LogP contribution in [-0.2, 0) is 16.2 Å². The Morgan fingerprint density at radius 3 is 2.28 bits per heavy atom. The maximum absolute atomic E-state index is 15.4. The molecule has 372 valence electrons. The molecule has 0 spiro atoms. The summed E-state index contributed by atoms with van der Waals surface area (Å²) >= 11 is 0. The van der Waals surface area contributed by atoms with Crippen LogP contribution in [0.2, 0.25) is 0 Å². The third kappa shape index (κ3) is 10.6. The molecule has 6 aromatic carbocycles. The van der Waals surface area contributed by atoms with Crippen LogP contribution < -0.4 is 9.47 Å². The second-order valence-electron chi connectivity index (χ2n) is 19.0. The Balaban J connectivity index is 1.20. The molecule has 12 heteroatoms. The number of nitro groups is 1. The van der Waals surface area contributed by atoms with Crippen LogP contribution in [0.15, 0.2) is 169 Å². The molecule has 12 nitrogen and oxygen atoms in total. The summed E-state index contributed by atoms with van der Waals surface area (Å²) < 4.78 is 21.4. The third-order valence-corrected chi connectivity index (χ3v) is 14.5. The van der Waals surface area contributed by atoms with Gasteiger partial charge in [-0.2, -0.15) is 0 Å². The number of oxime groups is 1. The summed E-state index contributed by atoms with van der Waals surface area (Å²) in [5.74, 6) is -0.425. The van der Waals surface area contributed by atoms with Gasteiger partial charge in [0.25, 0.3) is 11.6 Å². The number of nitrogens with zero attached hydrogens (tertiary/aromatic N) is 3. The van der Waals surface area contributed by atoms with E-state index in [4.69, 9.17) is 24.2 Å². The number of nitro benzene ring substituents is 1. The molecule has 1 amide bonds. The molecule has 0 saturated heterocycles. The van der Waals surface area contributed by atoms with E-state index >= 15 is 4.79 Å². The van der Waals surface area contributed by atoms with Crippen LogP contribution in [0.25, 0.3) is 21.9 Å². The molecule has 0 radical (unpaired) electrons. The molecule has 2 aliphatic carbocycles. The van der Waals surface area contributed by atoms with E-state index in [1.54, 1.807) is 18.2 Å². The highest BCUT2D eigenvalue weighted by molar-refractivity contribution is 6.04. The number of hydrogen-bond acceptors (Lipinski definition) is 10. The quantitative estimate of drug-likeness (QED) is 0.0293. The van der Waals surface area contributed by atoms with Crippen molar-refractivity contribution in [1.82, 2.24) is 4.90 Å². The lowest BCUT2D eigenvalue weighted by molar-refractivity contribution is -0.384. The van der Waals surface area contributed by atoms with Gasteiger partial charge in [0.2, 0.25) is 5.79 Å². The van der Waals surface area contributed by atoms with E-state index in [-0.39, 0.29) is 62.2 Å². The van der Waals surface area contributed by atoms with Gasteiger partial charge >= 0.3 is 0 Å². The van der Waals surface area contributed by atoms with Crippen LogP contribution in [0.4, 0.5) is 5.69 Å². The number of non-ortho nitro benzene ring substituents is 1. The van der Waals surface area contributed by atoms with Crippen LogP contribution >= 0.6 is 0 Å². The number of carbonyl (C=O) groups excluding carboxylic acids is 1. The van der Waals surface area contributed by atoms with E-state index in [0.29, 0.717) is 59.9 Å². The fourth-order valence-corrected chi connectivity index (χ4v) is 11.2. The lowest BCUT2D eigenvalue weighted by atomic mass is 9.55. The molecule has 1 aliphatic heterocycles. The highest BCUT2D eigenvalue weighted by Gasteiger charge is 2.65. The van der Waals surface area contributed by atoms with E-state index in [2.05, 4.69) is 49.9 Å². The van der Waals surface area contributed by atoms with E-state index in [0.717, 1.165) is 58.7 Å². The van der Waals surface area contributed by atoms with Gasteiger partial charge in [-0.25, -0.2) is 0 Å². The normalized spacial score (nSPS) is 21.5. The van der Waals surface area contributed by atoms with Crippen molar-refractivity contribution in [3.05, 3.63) is 191 Å². The van der Waals surface area contributed by atoms with Gasteiger partial charge in [-0.1, -0.05) is 110 Å². The Labute approximate surface area is 421 Å². The minimum Gasteiger partial charge on any atom is -0.459 e. The number of unbranched alkanes of at least 4 members (excludes halogenated alkanes) is 2. The van der Waals surface area contributed by atoms with Crippen LogP contribution in [0, 0.1) is 27.9 Å². The number of rotatable bonds is 22. The van der Waals surface area contributed by atoms with Crippen molar-refractivity contribution < 1.29 is 39.0 Å². The molecule has 1 heterocycles. The fourth-order valence-electron chi connectivity index (χ4n) is 11.2. The Kier molecular flexibility index (Phi) is 15.9. The van der Waals surface area contributed by atoms with Crippen molar-refractivity contribution in [1.29, 1.82) is 0 Å². The smallest absolute Gasteiger partial charge is 0.269 e. The van der Waals surface area contributed by atoms with E-state index in [9.17, 15) is 20.3 Å².